The van der Waals surface area contributed by atoms with Gasteiger partial charge in [0.25, 0.3) is 0 Å². The molecule has 1 unspecified atom stereocenters. The van der Waals surface area contributed by atoms with Crippen LogP contribution in [-0.2, 0) is 0 Å². The molecular weight excluding hydrogens is 236 g/mol. The summed E-state index contributed by atoms with van der Waals surface area (Å²) in [4.78, 5) is 8.82. The van der Waals surface area contributed by atoms with E-state index in [1.54, 1.807) is 0 Å². The van der Waals surface area contributed by atoms with Gasteiger partial charge in [-0.15, -0.1) is 0 Å². The van der Waals surface area contributed by atoms with Gasteiger partial charge in [0.05, 0.1) is 0 Å². The van der Waals surface area contributed by atoms with Gasteiger partial charge in [-0.1, -0.05) is 24.3 Å². The molecule has 3 rings (SSSR count). The molecule has 2 aromatic rings. The van der Waals surface area contributed by atoms with Gasteiger partial charge in [-0.05, 0) is 31.0 Å². The number of nitrogens with one attached hydrogen (secondary N) is 2. The van der Waals surface area contributed by atoms with E-state index in [-0.39, 0.29) is 0 Å². The summed E-state index contributed by atoms with van der Waals surface area (Å²) in [6.45, 7) is 4.16. The highest BCUT2D eigenvalue weighted by atomic mass is 15.1. The standard InChI is InChI=1S/C15H18N4/c1-11-4-2-3-5-14(11)12-8-17-15(18-9-12)19-13-6-7-16-10-13/h2-5,8-9,13,16H,6-7,10H2,1H3,(H,17,18,19). The van der Waals surface area contributed by atoms with Gasteiger partial charge < -0.3 is 10.6 Å². The number of aryl methyl sites for hydroxylation is 1. The van der Waals surface area contributed by atoms with E-state index in [9.17, 15) is 0 Å². The van der Waals surface area contributed by atoms with E-state index in [4.69, 9.17) is 0 Å². The van der Waals surface area contributed by atoms with Crippen LogP contribution in [0.4, 0.5) is 5.95 Å². The average Bonchev–Trinajstić information content (AvgIpc) is 2.93. The summed E-state index contributed by atoms with van der Waals surface area (Å²) >= 11 is 0. The molecule has 1 fully saturated rings. The van der Waals surface area contributed by atoms with Gasteiger partial charge in [0.1, 0.15) is 0 Å². The highest BCUT2D eigenvalue weighted by molar-refractivity contribution is 5.65. The number of rotatable bonds is 3. The topological polar surface area (TPSA) is 49.8 Å². The average molecular weight is 254 g/mol. The highest BCUT2D eigenvalue weighted by Gasteiger charge is 2.14. The van der Waals surface area contributed by atoms with Crippen LogP contribution < -0.4 is 10.6 Å². The zero-order chi connectivity index (χ0) is 13.1. The van der Waals surface area contributed by atoms with Crippen LogP contribution in [0.2, 0.25) is 0 Å². The Morgan fingerprint density at radius 2 is 2.00 bits per heavy atom. The molecule has 0 spiro atoms. The maximum Gasteiger partial charge on any atom is 0.222 e. The summed E-state index contributed by atoms with van der Waals surface area (Å²) in [7, 11) is 0. The first-order chi connectivity index (χ1) is 9.33. The van der Waals surface area contributed by atoms with E-state index in [0.29, 0.717) is 12.0 Å². The summed E-state index contributed by atoms with van der Waals surface area (Å²) < 4.78 is 0. The van der Waals surface area contributed by atoms with Gasteiger partial charge in [0, 0.05) is 30.5 Å². The fraction of sp³-hybridized carbons (Fsp3) is 0.333. The molecule has 1 aromatic carbocycles. The Balaban J connectivity index is 1.77. The van der Waals surface area contributed by atoms with Crippen LogP contribution in [0.25, 0.3) is 11.1 Å². The predicted molar refractivity (Wildman–Crippen MR) is 77.1 cm³/mol. The normalized spacial score (nSPS) is 18.5. The number of anilines is 1. The van der Waals surface area contributed by atoms with Gasteiger partial charge in [-0.3, -0.25) is 0 Å². The Labute approximate surface area is 113 Å². The van der Waals surface area contributed by atoms with Crippen LogP contribution in [0.3, 0.4) is 0 Å². The van der Waals surface area contributed by atoms with Gasteiger partial charge >= 0.3 is 0 Å². The molecule has 2 N–H and O–H groups in total. The minimum absolute atomic E-state index is 0.448. The zero-order valence-electron chi connectivity index (χ0n) is 11.1. The Morgan fingerprint density at radius 3 is 2.68 bits per heavy atom. The van der Waals surface area contributed by atoms with Crippen molar-refractivity contribution < 1.29 is 0 Å². The molecule has 98 valence electrons. The molecule has 19 heavy (non-hydrogen) atoms. The lowest BCUT2D eigenvalue weighted by Gasteiger charge is -2.11. The smallest absolute Gasteiger partial charge is 0.222 e. The predicted octanol–water partition coefficient (Wildman–Crippen LogP) is 2.23. The van der Waals surface area contributed by atoms with Crippen molar-refractivity contribution in [1.82, 2.24) is 15.3 Å². The SMILES string of the molecule is Cc1ccccc1-c1cnc(NC2CCNC2)nc1. The first-order valence-electron chi connectivity index (χ1n) is 6.68. The second kappa shape index (κ2) is 5.36. The third-order valence-corrected chi connectivity index (χ3v) is 3.50. The molecular formula is C15H18N4. The maximum absolute atomic E-state index is 4.41. The summed E-state index contributed by atoms with van der Waals surface area (Å²) in [6, 6.07) is 8.74. The van der Waals surface area contributed by atoms with Gasteiger partial charge in [0.2, 0.25) is 5.95 Å². The van der Waals surface area contributed by atoms with Crippen molar-refractivity contribution in [3.05, 3.63) is 42.2 Å². The van der Waals surface area contributed by atoms with Crippen molar-refractivity contribution in [1.29, 1.82) is 0 Å². The van der Waals surface area contributed by atoms with Gasteiger partial charge in [-0.2, -0.15) is 0 Å². The fourth-order valence-electron chi connectivity index (χ4n) is 2.40. The van der Waals surface area contributed by atoms with E-state index >= 15 is 0 Å². The van der Waals surface area contributed by atoms with E-state index in [2.05, 4.69) is 39.7 Å². The third-order valence-electron chi connectivity index (χ3n) is 3.50. The molecule has 0 aliphatic carbocycles. The Hall–Kier alpha value is -1.94. The first-order valence-corrected chi connectivity index (χ1v) is 6.68. The summed E-state index contributed by atoms with van der Waals surface area (Å²) in [5.74, 6) is 0.714. The van der Waals surface area contributed by atoms with E-state index in [0.717, 1.165) is 25.1 Å². The lowest BCUT2D eigenvalue weighted by atomic mass is 10.0. The number of aromatic nitrogens is 2. The molecule has 1 saturated heterocycles. The van der Waals surface area contributed by atoms with Crippen molar-refractivity contribution in [2.45, 2.75) is 19.4 Å². The van der Waals surface area contributed by atoms with Crippen LogP contribution in [0.1, 0.15) is 12.0 Å². The zero-order valence-corrected chi connectivity index (χ0v) is 11.1. The van der Waals surface area contributed by atoms with Crippen LogP contribution in [-0.4, -0.2) is 29.1 Å². The van der Waals surface area contributed by atoms with Crippen molar-refractivity contribution in [2.75, 3.05) is 18.4 Å². The highest BCUT2D eigenvalue weighted by Crippen LogP contribution is 2.22. The van der Waals surface area contributed by atoms with E-state index in [1.165, 1.54) is 11.1 Å². The molecule has 1 aromatic heterocycles. The van der Waals surface area contributed by atoms with Crippen molar-refractivity contribution in [3.63, 3.8) is 0 Å². The minimum atomic E-state index is 0.448. The second-order valence-electron chi connectivity index (χ2n) is 4.94. The molecule has 1 aliphatic rings. The molecule has 0 saturated carbocycles. The van der Waals surface area contributed by atoms with Crippen LogP contribution in [0.5, 0.6) is 0 Å². The van der Waals surface area contributed by atoms with Crippen molar-refractivity contribution in [2.24, 2.45) is 0 Å². The molecule has 4 heteroatoms. The van der Waals surface area contributed by atoms with E-state index < -0.39 is 0 Å². The summed E-state index contributed by atoms with van der Waals surface area (Å²) in [5, 5.41) is 6.67. The molecule has 0 bridgehead atoms. The maximum atomic E-state index is 4.41. The Kier molecular flexibility index (Phi) is 3.42. The number of benzene rings is 1. The molecule has 2 heterocycles. The van der Waals surface area contributed by atoms with Crippen LogP contribution >= 0.6 is 0 Å². The minimum Gasteiger partial charge on any atom is -0.350 e. The molecule has 4 nitrogen and oxygen atoms in total. The molecule has 0 radical (unpaired) electrons. The summed E-state index contributed by atoms with van der Waals surface area (Å²) in [6.07, 6.45) is 4.91. The molecule has 1 aliphatic heterocycles. The molecule has 0 amide bonds. The fourth-order valence-corrected chi connectivity index (χ4v) is 2.40. The lowest BCUT2D eigenvalue weighted by Crippen LogP contribution is -2.23. The van der Waals surface area contributed by atoms with Crippen LogP contribution in [0.15, 0.2) is 36.7 Å². The van der Waals surface area contributed by atoms with Crippen molar-refractivity contribution in [3.8, 4) is 11.1 Å². The van der Waals surface area contributed by atoms with E-state index in [1.807, 2.05) is 24.5 Å². The largest absolute Gasteiger partial charge is 0.350 e. The number of hydrogen-bond donors (Lipinski definition) is 2. The monoisotopic (exact) mass is 254 g/mol. The number of nitrogens with zero attached hydrogens (tertiary/aromatic N) is 2. The van der Waals surface area contributed by atoms with Gasteiger partial charge in [-0.25, -0.2) is 9.97 Å². The summed E-state index contributed by atoms with van der Waals surface area (Å²) in [5.41, 5.74) is 3.50. The molecule has 1 atom stereocenters. The van der Waals surface area contributed by atoms with Gasteiger partial charge in [0.15, 0.2) is 0 Å². The van der Waals surface area contributed by atoms with Crippen molar-refractivity contribution >= 4 is 5.95 Å². The third kappa shape index (κ3) is 2.74. The second-order valence-corrected chi connectivity index (χ2v) is 4.94. The Bertz CT molecular complexity index is 544. The van der Waals surface area contributed by atoms with Crippen LogP contribution in [0, 0.1) is 6.92 Å². The quantitative estimate of drug-likeness (QED) is 0.882. The Morgan fingerprint density at radius 1 is 1.21 bits per heavy atom. The lowest BCUT2D eigenvalue weighted by molar-refractivity contribution is 0.780. The number of hydrogen-bond acceptors (Lipinski definition) is 4. The first kappa shape index (κ1) is 12.1.